The van der Waals surface area contributed by atoms with Gasteiger partial charge in [0.05, 0.1) is 10.1 Å². The first-order valence-electron chi connectivity index (χ1n) is 7.93. The molecule has 3 atom stereocenters. The molecule has 1 aromatic carbocycles. The van der Waals surface area contributed by atoms with Crippen LogP contribution in [0.25, 0.3) is 0 Å². The third-order valence-electron chi connectivity index (χ3n) is 4.70. The molecule has 1 saturated carbocycles. The normalized spacial score (nSPS) is 26.8. The van der Waals surface area contributed by atoms with Crippen molar-refractivity contribution in [3.8, 4) is 0 Å². The third kappa shape index (κ3) is 3.49. The molecule has 0 aromatic heterocycles. The summed E-state index contributed by atoms with van der Waals surface area (Å²) < 4.78 is 26.1. The Hall–Kier alpha value is -0.870. The molecule has 1 aliphatic rings. The molecule has 0 radical (unpaired) electrons. The lowest BCUT2D eigenvalue weighted by atomic mass is 9.83. The first-order valence-corrected chi connectivity index (χ1v) is 9.47. The van der Waals surface area contributed by atoms with E-state index >= 15 is 0 Å². The van der Waals surface area contributed by atoms with Crippen LogP contribution in [0.3, 0.4) is 0 Å². The van der Waals surface area contributed by atoms with Gasteiger partial charge in [0.2, 0.25) is 0 Å². The van der Waals surface area contributed by atoms with Crippen molar-refractivity contribution in [3.63, 3.8) is 0 Å². The minimum absolute atomic E-state index is 0.233. The molecule has 0 bridgehead atoms. The van der Waals surface area contributed by atoms with Crippen molar-refractivity contribution in [2.75, 3.05) is 0 Å². The number of sulfone groups is 1. The Kier molecular flexibility index (Phi) is 5.10. The molecule has 4 heteroatoms. The van der Waals surface area contributed by atoms with E-state index < -0.39 is 15.1 Å². The van der Waals surface area contributed by atoms with Crippen LogP contribution in [0.1, 0.15) is 50.2 Å². The lowest BCUT2D eigenvalue weighted by molar-refractivity contribution is 0.309. The van der Waals surface area contributed by atoms with Crippen LogP contribution >= 0.6 is 0 Å². The maximum atomic E-state index is 13.0. The number of rotatable bonds is 4. The van der Waals surface area contributed by atoms with Gasteiger partial charge in [-0.05, 0) is 56.2 Å². The average Bonchev–Trinajstić information content (AvgIpc) is 2.43. The van der Waals surface area contributed by atoms with Gasteiger partial charge in [0.1, 0.15) is 0 Å². The minimum Gasteiger partial charge on any atom is -0.327 e. The summed E-state index contributed by atoms with van der Waals surface area (Å²) in [5.41, 5.74) is 7.97. The summed E-state index contributed by atoms with van der Waals surface area (Å²) in [4.78, 5) is 0.472. The summed E-state index contributed by atoms with van der Waals surface area (Å²) in [6.45, 7) is 5.95. The van der Waals surface area contributed by atoms with Crippen molar-refractivity contribution in [2.45, 2.75) is 69.1 Å². The van der Waals surface area contributed by atoms with Gasteiger partial charge >= 0.3 is 0 Å². The Morgan fingerprint density at radius 2 is 1.95 bits per heavy atom. The maximum absolute atomic E-state index is 13.0. The maximum Gasteiger partial charge on any atom is 0.183 e. The fourth-order valence-electron chi connectivity index (χ4n) is 3.44. The molecule has 1 aromatic rings. The quantitative estimate of drug-likeness (QED) is 0.927. The number of hydrogen-bond donors (Lipinski definition) is 1. The molecule has 3 nitrogen and oxygen atoms in total. The first-order chi connectivity index (χ1) is 9.86. The smallest absolute Gasteiger partial charge is 0.183 e. The van der Waals surface area contributed by atoms with Crippen molar-refractivity contribution < 1.29 is 8.42 Å². The zero-order valence-corrected chi connectivity index (χ0v) is 14.1. The monoisotopic (exact) mass is 309 g/mol. The van der Waals surface area contributed by atoms with E-state index in [4.69, 9.17) is 5.73 Å². The van der Waals surface area contributed by atoms with Crippen molar-refractivity contribution in [3.05, 3.63) is 29.3 Å². The van der Waals surface area contributed by atoms with E-state index in [0.717, 1.165) is 36.8 Å². The summed E-state index contributed by atoms with van der Waals surface area (Å²) in [5, 5.41) is -0.428. The molecule has 2 N–H and O–H groups in total. The molecular formula is C17H27NO2S. The summed E-state index contributed by atoms with van der Waals surface area (Å²) in [7, 11) is -3.34. The van der Waals surface area contributed by atoms with E-state index in [9.17, 15) is 8.42 Å². The second-order valence-electron chi connectivity index (χ2n) is 6.48. The second kappa shape index (κ2) is 6.49. The van der Waals surface area contributed by atoms with Crippen LogP contribution in [0.4, 0.5) is 0 Å². The van der Waals surface area contributed by atoms with E-state index in [0.29, 0.717) is 17.2 Å². The molecule has 3 unspecified atom stereocenters. The van der Waals surface area contributed by atoms with E-state index in [2.05, 4.69) is 6.92 Å². The predicted octanol–water partition coefficient (Wildman–Crippen LogP) is 3.37. The van der Waals surface area contributed by atoms with E-state index in [1.807, 2.05) is 26.0 Å². The van der Waals surface area contributed by atoms with Crippen LogP contribution in [-0.2, 0) is 9.84 Å². The van der Waals surface area contributed by atoms with Gasteiger partial charge in [-0.25, -0.2) is 8.42 Å². The average molecular weight is 309 g/mol. The van der Waals surface area contributed by atoms with Crippen LogP contribution < -0.4 is 5.73 Å². The lowest BCUT2D eigenvalue weighted by Crippen LogP contribution is -2.45. The highest BCUT2D eigenvalue weighted by molar-refractivity contribution is 7.92. The molecule has 0 amide bonds. The van der Waals surface area contributed by atoms with Crippen LogP contribution in [0.2, 0.25) is 0 Å². The largest absolute Gasteiger partial charge is 0.327 e. The summed E-state index contributed by atoms with van der Waals surface area (Å²) >= 11 is 0. The second-order valence-corrected chi connectivity index (χ2v) is 8.62. The number of benzene rings is 1. The van der Waals surface area contributed by atoms with E-state index in [1.54, 1.807) is 6.07 Å². The number of aryl methyl sites for hydroxylation is 2. The van der Waals surface area contributed by atoms with Crippen LogP contribution in [0.5, 0.6) is 0 Å². The molecule has 0 heterocycles. The highest BCUT2D eigenvalue weighted by Crippen LogP contribution is 2.34. The van der Waals surface area contributed by atoms with Crippen LogP contribution in [-0.4, -0.2) is 19.7 Å². The van der Waals surface area contributed by atoms with Gasteiger partial charge in [-0.15, -0.1) is 0 Å². The summed E-state index contributed by atoms with van der Waals surface area (Å²) in [5.74, 6) is 0.500. The van der Waals surface area contributed by atoms with Gasteiger partial charge < -0.3 is 5.73 Å². The Morgan fingerprint density at radius 3 is 2.62 bits per heavy atom. The Balaban J connectivity index is 2.35. The van der Waals surface area contributed by atoms with Crippen LogP contribution in [0.15, 0.2) is 23.1 Å². The fraction of sp³-hybridized carbons (Fsp3) is 0.647. The molecular weight excluding hydrogens is 282 g/mol. The molecule has 0 saturated heterocycles. The van der Waals surface area contributed by atoms with Gasteiger partial charge in [-0.1, -0.05) is 31.9 Å². The SMILES string of the molecule is CCCC1CCC(N)C(S(=O)(=O)c2cc(C)ccc2C)C1. The fourth-order valence-corrected chi connectivity index (χ4v) is 5.75. The van der Waals surface area contributed by atoms with E-state index in [1.165, 1.54) is 0 Å². The molecule has 0 aliphatic heterocycles. The standard InChI is InChI=1S/C17H27NO2S/c1-4-5-14-8-9-15(18)17(11-14)21(19,20)16-10-12(2)6-7-13(16)3/h6-7,10,14-15,17H,4-5,8-9,11,18H2,1-3H3. The van der Waals surface area contributed by atoms with Crippen LogP contribution in [0, 0.1) is 19.8 Å². The van der Waals surface area contributed by atoms with Crippen molar-refractivity contribution >= 4 is 9.84 Å². The zero-order valence-electron chi connectivity index (χ0n) is 13.3. The molecule has 1 fully saturated rings. The first kappa shape index (κ1) is 16.5. The van der Waals surface area contributed by atoms with E-state index in [-0.39, 0.29) is 6.04 Å². The van der Waals surface area contributed by atoms with Crippen molar-refractivity contribution in [1.82, 2.24) is 0 Å². The van der Waals surface area contributed by atoms with Gasteiger partial charge in [0.25, 0.3) is 0 Å². The Morgan fingerprint density at radius 1 is 1.24 bits per heavy atom. The summed E-state index contributed by atoms with van der Waals surface area (Å²) in [6.07, 6.45) is 4.81. The Labute approximate surface area is 128 Å². The minimum atomic E-state index is -3.34. The van der Waals surface area contributed by atoms with Gasteiger partial charge in [0, 0.05) is 6.04 Å². The predicted molar refractivity (Wildman–Crippen MR) is 87.1 cm³/mol. The number of hydrogen-bond acceptors (Lipinski definition) is 3. The van der Waals surface area contributed by atoms with Gasteiger partial charge in [-0.2, -0.15) is 0 Å². The molecule has 21 heavy (non-hydrogen) atoms. The number of nitrogens with two attached hydrogens (primary N) is 1. The highest BCUT2D eigenvalue weighted by Gasteiger charge is 2.38. The van der Waals surface area contributed by atoms with Crippen molar-refractivity contribution in [1.29, 1.82) is 0 Å². The highest BCUT2D eigenvalue weighted by atomic mass is 32.2. The third-order valence-corrected chi connectivity index (χ3v) is 7.09. The summed E-state index contributed by atoms with van der Waals surface area (Å²) in [6, 6.07) is 5.40. The molecule has 1 aliphatic carbocycles. The molecule has 118 valence electrons. The van der Waals surface area contributed by atoms with Gasteiger partial charge in [-0.3, -0.25) is 0 Å². The zero-order chi connectivity index (χ0) is 15.6. The van der Waals surface area contributed by atoms with Crippen molar-refractivity contribution in [2.24, 2.45) is 11.7 Å². The lowest BCUT2D eigenvalue weighted by Gasteiger charge is -2.34. The molecule has 2 rings (SSSR count). The molecule has 0 spiro atoms. The Bertz CT molecular complexity index is 595. The van der Waals surface area contributed by atoms with Gasteiger partial charge in [0.15, 0.2) is 9.84 Å². The topological polar surface area (TPSA) is 60.2 Å².